The molecular weight excluding hydrogens is 306 g/mol. The lowest BCUT2D eigenvalue weighted by Crippen LogP contribution is -1.94. The molecule has 0 fully saturated rings. The van der Waals surface area contributed by atoms with Gasteiger partial charge in [-0.3, -0.25) is 9.42 Å². The van der Waals surface area contributed by atoms with Gasteiger partial charge in [0.15, 0.2) is 0 Å². The monoisotopic (exact) mass is 314 g/mol. The van der Waals surface area contributed by atoms with Gasteiger partial charge in [0.05, 0.1) is 3.57 Å². The summed E-state index contributed by atoms with van der Waals surface area (Å²) in [5.74, 6) is 0.343. The normalized spacial score (nSPS) is 15.0. The number of hydrogen-bond acceptors (Lipinski definition) is 3. The van der Waals surface area contributed by atoms with Crippen LogP contribution in [0.1, 0.15) is 0 Å². The van der Waals surface area contributed by atoms with Gasteiger partial charge in [-0.15, -0.1) is 0 Å². The highest BCUT2D eigenvalue weighted by Crippen LogP contribution is 2.43. The first-order valence-electron chi connectivity index (χ1n) is 3.38. The molecule has 0 saturated heterocycles. The third-order valence-corrected chi connectivity index (χ3v) is 3.06. The van der Waals surface area contributed by atoms with Crippen LogP contribution in [0.2, 0.25) is 0 Å². The van der Waals surface area contributed by atoms with Gasteiger partial charge in [-0.25, -0.2) is 4.57 Å². The van der Waals surface area contributed by atoms with Crippen molar-refractivity contribution in [2.45, 2.75) is 0 Å². The first-order chi connectivity index (χ1) is 6.05. The minimum Gasteiger partial charge on any atom is -0.403 e. The van der Waals surface area contributed by atoms with Crippen molar-refractivity contribution < 1.29 is 18.5 Å². The van der Waals surface area contributed by atoms with Crippen molar-refractivity contribution in [3.63, 3.8) is 0 Å². The molecule has 0 heterocycles. The van der Waals surface area contributed by atoms with Crippen LogP contribution in [0.4, 0.5) is 0 Å². The molecule has 0 radical (unpaired) electrons. The molecule has 1 rings (SSSR count). The maximum atomic E-state index is 11.0. The third-order valence-electron chi connectivity index (χ3n) is 1.28. The molecule has 1 N–H and O–H groups in total. The summed E-state index contributed by atoms with van der Waals surface area (Å²) in [4.78, 5) is 9.01. The van der Waals surface area contributed by atoms with Crippen molar-refractivity contribution in [3.05, 3.63) is 27.8 Å². The molecule has 0 aliphatic rings. The number of phosphoric ester groups is 1. The Morgan fingerprint density at radius 2 is 2.08 bits per heavy atom. The van der Waals surface area contributed by atoms with Crippen molar-refractivity contribution in [2.75, 3.05) is 7.11 Å². The molecule has 1 unspecified atom stereocenters. The molecule has 4 nitrogen and oxygen atoms in total. The van der Waals surface area contributed by atoms with Gasteiger partial charge in [0.25, 0.3) is 0 Å². The molecule has 6 heteroatoms. The van der Waals surface area contributed by atoms with Crippen LogP contribution in [0.3, 0.4) is 0 Å². The zero-order chi connectivity index (χ0) is 9.90. The van der Waals surface area contributed by atoms with Gasteiger partial charge >= 0.3 is 7.82 Å². The Bertz CT molecular complexity index is 341. The number of rotatable bonds is 3. The topological polar surface area (TPSA) is 55.8 Å². The van der Waals surface area contributed by atoms with E-state index in [1.807, 2.05) is 28.7 Å². The van der Waals surface area contributed by atoms with Crippen LogP contribution in [0.15, 0.2) is 24.3 Å². The molecule has 0 aromatic heterocycles. The van der Waals surface area contributed by atoms with Crippen LogP contribution in [-0.4, -0.2) is 12.0 Å². The van der Waals surface area contributed by atoms with E-state index in [1.54, 1.807) is 18.2 Å². The Labute approximate surface area is 89.6 Å². The molecule has 1 aromatic carbocycles. The maximum Gasteiger partial charge on any atom is 0.527 e. The van der Waals surface area contributed by atoms with Crippen molar-refractivity contribution in [1.29, 1.82) is 0 Å². The summed E-state index contributed by atoms with van der Waals surface area (Å²) in [6.45, 7) is 0. The second-order valence-electron chi connectivity index (χ2n) is 2.17. The average Bonchev–Trinajstić information content (AvgIpc) is 2.09. The summed E-state index contributed by atoms with van der Waals surface area (Å²) < 4.78 is 20.8. The van der Waals surface area contributed by atoms with E-state index in [9.17, 15) is 4.57 Å². The van der Waals surface area contributed by atoms with Gasteiger partial charge in [0.1, 0.15) is 5.75 Å². The number of benzene rings is 1. The summed E-state index contributed by atoms with van der Waals surface area (Å²) in [7, 11) is -2.81. The molecule has 13 heavy (non-hydrogen) atoms. The summed E-state index contributed by atoms with van der Waals surface area (Å²) in [6, 6.07) is 6.89. The number of para-hydroxylation sites is 1. The Morgan fingerprint density at radius 3 is 2.62 bits per heavy atom. The first kappa shape index (κ1) is 11.0. The Kier molecular flexibility index (Phi) is 3.73. The highest BCUT2D eigenvalue weighted by Gasteiger charge is 2.21. The van der Waals surface area contributed by atoms with E-state index in [4.69, 9.17) is 9.42 Å². The Morgan fingerprint density at radius 1 is 1.46 bits per heavy atom. The van der Waals surface area contributed by atoms with Crippen LogP contribution in [-0.2, 0) is 9.09 Å². The predicted octanol–water partition coefficient (Wildman–Crippen LogP) is 2.42. The van der Waals surface area contributed by atoms with Crippen LogP contribution in [0.5, 0.6) is 5.75 Å². The Hall–Kier alpha value is -0.100. The summed E-state index contributed by atoms with van der Waals surface area (Å²) in [5, 5.41) is 0. The molecular formula is C7H8IO4P. The summed E-state index contributed by atoms with van der Waals surface area (Å²) in [6.07, 6.45) is 0. The largest absolute Gasteiger partial charge is 0.527 e. The van der Waals surface area contributed by atoms with E-state index in [0.29, 0.717) is 5.75 Å². The lowest BCUT2D eigenvalue weighted by molar-refractivity contribution is 0.242. The molecule has 0 aliphatic heterocycles. The molecule has 72 valence electrons. The van der Waals surface area contributed by atoms with Gasteiger partial charge in [0.2, 0.25) is 0 Å². The van der Waals surface area contributed by atoms with Crippen molar-refractivity contribution in [2.24, 2.45) is 0 Å². The van der Waals surface area contributed by atoms with E-state index in [0.717, 1.165) is 10.7 Å². The van der Waals surface area contributed by atoms with E-state index in [2.05, 4.69) is 4.52 Å². The summed E-state index contributed by atoms with van der Waals surface area (Å²) in [5.41, 5.74) is 0. The number of phosphoric acid groups is 1. The third kappa shape index (κ3) is 3.27. The Balaban J connectivity index is 2.86. The SMILES string of the molecule is COP(=O)(O)Oc1ccccc1I. The second kappa shape index (κ2) is 4.41. The quantitative estimate of drug-likeness (QED) is 0.688. The second-order valence-corrected chi connectivity index (χ2v) is 4.82. The van der Waals surface area contributed by atoms with Crippen molar-refractivity contribution >= 4 is 30.4 Å². The molecule has 0 amide bonds. The first-order valence-corrected chi connectivity index (χ1v) is 5.95. The minimum atomic E-state index is -3.93. The van der Waals surface area contributed by atoms with Crippen molar-refractivity contribution in [3.8, 4) is 5.75 Å². The maximum absolute atomic E-state index is 11.0. The van der Waals surface area contributed by atoms with Crippen LogP contribution >= 0.6 is 30.4 Å². The lowest BCUT2D eigenvalue weighted by atomic mass is 10.3. The fourth-order valence-corrected chi connectivity index (χ4v) is 1.83. The molecule has 0 aliphatic carbocycles. The highest BCUT2D eigenvalue weighted by atomic mass is 127. The molecule has 1 aromatic rings. The van der Waals surface area contributed by atoms with Gasteiger partial charge in [-0.2, -0.15) is 0 Å². The fraction of sp³-hybridized carbons (Fsp3) is 0.143. The van der Waals surface area contributed by atoms with E-state index >= 15 is 0 Å². The molecule has 0 bridgehead atoms. The number of hydrogen-bond donors (Lipinski definition) is 1. The van der Waals surface area contributed by atoms with E-state index < -0.39 is 7.82 Å². The standard InChI is InChI=1S/C7H8IO4P/c1-11-13(9,10)12-7-5-3-2-4-6(7)8/h2-5H,1H3,(H,9,10). The summed E-state index contributed by atoms with van der Waals surface area (Å²) >= 11 is 2.00. The van der Waals surface area contributed by atoms with E-state index in [1.165, 1.54) is 0 Å². The number of halogens is 1. The van der Waals surface area contributed by atoms with E-state index in [-0.39, 0.29) is 0 Å². The fourth-order valence-electron chi connectivity index (χ4n) is 0.680. The average molecular weight is 314 g/mol. The molecule has 1 atom stereocenters. The zero-order valence-electron chi connectivity index (χ0n) is 6.81. The van der Waals surface area contributed by atoms with Gasteiger partial charge in [-0.05, 0) is 34.7 Å². The minimum absolute atomic E-state index is 0.343. The van der Waals surface area contributed by atoms with Crippen LogP contribution in [0, 0.1) is 3.57 Å². The molecule has 0 spiro atoms. The lowest BCUT2D eigenvalue weighted by Gasteiger charge is -2.10. The zero-order valence-corrected chi connectivity index (χ0v) is 9.86. The van der Waals surface area contributed by atoms with Crippen LogP contribution < -0.4 is 4.52 Å². The smallest absolute Gasteiger partial charge is 0.403 e. The highest BCUT2D eigenvalue weighted by molar-refractivity contribution is 14.1. The molecule has 0 saturated carbocycles. The van der Waals surface area contributed by atoms with Gasteiger partial charge < -0.3 is 4.52 Å². The predicted molar refractivity (Wildman–Crippen MR) is 56.6 cm³/mol. The van der Waals surface area contributed by atoms with Gasteiger partial charge in [0, 0.05) is 7.11 Å². The van der Waals surface area contributed by atoms with Crippen LogP contribution in [0.25, 0.3) is 0 Å². The van der Waals surface area contributed by atoms with Gasteiger partial charge in [-0.1, -0.05) is 12.1 Å². The van der Waals surface area contributed by atoms with Crippen molar-refractivity contribution in [1.82, 2.24) is 0 Å².